The molecule has 2 heterocycles. The van der Waals surface area contributed by atoms with Crippen molar-refractivity contribution in [1.29, 1.82) is 0 Å². The van der Waals surface area contributed by atoms with Crippen molar-refractivity contribution >= 4 is 15.9 Å². The Balaban J connectivity index is 1.41. The van der Waals surface area contributed by atoms with E-state index >= 15 is 0 Å². The first-order valence-corrected chi connectivity index (χ1v) is 11.3. The molecule has 0 spiro atoms. The Morgan fingerprint density at radius 3 is 2.46 bits per heavy atom. The van der Waals surface area contributed by atoms with Crippen molar-refractivity contribution in [3.63, 3.8) is 0 Å². The number of pyridine rings is 1. The van der Waals surface area contributed by atoms with Gasteiger partial charge < -0.3 is 5.32 Å². The minimum atomic E-state index is -3.26. The molecule has 1 N–H and O–H groups in total. The highest BCUT2D eigenvalue weighted by Gasteiger charge is 2.30. The summed E-state index contributed by atoms with van der Waals surface area (Å²) in [7, 11) is -3.26. The number of nitrogens with zero attached hydrogens (tertiary/aromatic N) is 2. The Labute approximate surface area is 167 Å². The molecule has 2 aromatic rings. The first kappa shape index (κ1) is 20.5. The van der Waals surface area contributed by atoms with E-state index in [1.807, 2.05) is 42.5 Å². The number of nitrogens with one attached hydrogen (secondary N) is 1. The Morgan fingerprint density at radius 1 is 1.07 bits per heavy atom. The number of hydrogen-bond donors (Lipinski definition) is 1. The SMILES string of the molecule is O=C(NCc1cccnc1)C1CCN(S(=O)(=O)CCCc2ccccc2)CC1. The van der Waals surface area contributed by atoms with Gasteiger partial charge in [-0.05, 0) is 42.9 Å². The average Bonchev–Trinajstić information content (AvgIpc) is 2.73. The molecule has 1 fully saturated rings. The van der Waals surface area contributed by atoms with Crippen LogP contribution in [-0.4, -0.2) is 42.5 Å². The predicted octanol–water partition coefficient (Wildman–Crippen LogP) is 2.37. The maximum atomic E-state index is 12.6. The Hall–Kier alpha value is -2.25. The van der Waals surface area contributed by atoms with E-state index in [1.54, 1.807) is 16.7 Å². The Morgan fingerprint density at radius 2 is 1.79 bits per heavy atom. The smallest absolute Gasteiger partial charge is 0.223 e. The summed E-state index contributed by atoms with van der Waals surface area (Å²) in [5.41, 5.74) is 2.11. The summed E-state index contributed by atoms with van der Waals surface area (Å²) in [6, 6.07) is 13.7. The fourth-order valence-corrected chi connectivity index (χ4v) is 5.00. The molecular weight excluding hydrogens is 374 g/mol. The molecule has 1 amide bonds. The Bertz CT molecular complexity index is 849. The second-order valence-electron chi connectivity index (χ2n) is 7.16. The summed E-state index contributed by atoms with van der Waals surface area (Å²) < 4.78 is 26.7. The number of benzene rings is 1. The van der Waals surface area contributed by atoms with E-state index in [0.29, 0.717) is 38.9 Å². The van der Waals surface area contributed by atoms with Crippen LogP contribution in [0.15, 0.2) is 54.9 Å². The first-order chi connectivity index (χ1) is 13.5. The van der Waals surface area contributed by atoms with Crippen LogP contribution in [0.1, 0.15) is 30.4 Å². The third-order valence-corrected chi connectivity index (χ3v) is 7.07. The average molecular weight is 402 g/mol. The highest BCUT2D eigenvalue weighted by molar-refractivity contribution is 7.89. The molecule has 7 heteroatoms. The van der Waals surface area contributed by atoms with Crippen LogP contribution < -0.4 is 5.32 Å². The van der Waals surface area contributed by atoms with Gasteiger partial charge in [-0.1, -0.05) is 36.4 Å². The number of aryl methyl sites for hydroxylation is 1. The van der Waals surface area contributed by atoms with Crippen LogP contribution in [0, 0.1) is 5.92 Å². The van der Waals surface area contributed by atoms with Crippen LogP contribution in [0.2, 0.25) is 0 Å². The molecule has 1 saturated heterocycles. The van der Waals surface area contributed by atoms with Crippen LogP contribution in [-0.2, 0) is 27.8 Å². The van der Waals surface area contributed by atoms with E-state index in [1.165, 1.54) is 0 Å². The second-order valence-corrected chi connectivity index (χ2v) is 9.25. The van der Waals surface area contributed by atoms with Gasteiger partial charge in [0.15, 0.2) is 0 Å². The molecule has 3 rings (SSSR count). The summed E-state index contributed by atoms with van der Waals surface area (Å²) >= 11 is 0. The van der Waals surface area contributed by atoms with E-state index in [2.05, 4.69) is 10.3 Å². The third-order valence-electron chi connectivity index (χ3n) is 5.12. The van der Waals surface area contributed by atoms with Crippen molar-refractivity contribution in [2.75, 3.05) is 18.8 Å². The van der Waals surface area contributed by atoms with Crippen LogP contribution in [0.5, 0.6) is 0 Å². The lowest BCUT2D eigenvalue weighted by Crippen LogP contribution is -2.43. The van der Waals surface area contributed by atoms with Gasteiger partial charge in [-0.2, -0.15) is 0 Å². The van der Waals surface area contributed by atoms with Gasteiger partial charge in [-0.3, -0.25) is 9.78 Å². The van der Waals surface area contributed by atoms with E-state index in [-0.39, 0.29) is 17.6 Å². The molecule has 150 valence electrons. The van der Waals surface area contributed by atoms with Gasteiger partial charge in [0.25, 0.3) is 0 Å². The fourth-order valence-electron chi connectivity index (χ4n) is 3.46. The molecule has 0 bridgehead atoms. The van der Waals surface area contributed by atoms with Crippen LogP contribution >= 0.6 is 0 Å². The molecule has 0 radical (unpaired) electrons. The quantitative estimate of drug-likeness (QED) is 0.737. The van der Waals surface area contributed by atoms with Gasteiger partial charge >= 0.3 is 0 Å². The molecule has 1 aliphatic rings. The van der Waals surface area contributed by atoms with Gasteiger partial charge in [0.1, 0.15) is 0 Å². The minimum absolute atomic E-state index is 0.00928. The maximum absolute atomic E-state index is 12.6. The largest absolute Gasteiger partial charge is 0.352 e. The molecule has 0 aliphatic carbocycles. The highest BCUT2D eigenvalue weighted by Crippen LogP contribution is 2.21. The molecule has 6 nitrogen and oxygen atoms in total. The number of aromatic nitrogens is 1. The van der Waals surface area contributed by atoms with Gasteiger partial charge in [-0.25, -0.2) is 12.7 Å². The number of carbonyl (C=O) groups excluding carboxylic acids is 1. The van der Waals surface area contributed by atoms with Crippen LogP contribution in [0.4, 0.5) is 0 Å². The standard InChI is InChI=1S/C21H27N3O3S/c25-21(23-17-19-8-4-12-22-16-19)20-10-13-24(14-11-20)28(26,27)15-5-9-18-6-2-1-3-7-18/h1-4,6-8,12,16,20H,5,9-11,13-15,17H2,(H,23,25). The number of hydrogen-bond acceptors (Lipinski definition) is 4. The molecule has 1 aromatic carbocycles. The third kappa shape index (κ3) is 5.87. The molecule has 0 saturated carbocycles. The molecule has 0 atom stereocenters. The minimum Gasteiger partial charge on any atom is -0.352 e. The fraction of sp³-hybridized carbons (Fsp3) is 0.429. The lowest BCUT2D eigenvalue weighted by molar-refractivity contribution is -0.126. The van der Waals surface area contributed by atoms with Gasteiger partial charge in [0, 0.05) is 37.9 Å². The highest BCUT2D eigenvalue weighted by atomic mass is 32.2. The van der Waals surface area contributed by atoms with Crippen molar-refractivity contribution in [1.82, 2.24) is 14.6 Å². The number of sulfonamides is 1. The summed E-state index contributed by atoms with van der Waals surface area (Å²) in [5, 5.41) is 2.93. The molecule has 1 aromatic heterocycles. The number of amides is 1. The normalized spacial score (nSPS) is 16.0. The van der Waals surface area contributed by atoms with Gasteiger partial charge in [-0.15, -0.1) is 0 Å². The van der Waals surface area contributed by atoms with Gasteiger partial charge in [0.2, 0.25) is 15.9 Å². The zero-order chi connectivity index (χ0) is 19.8. The van der Waals surface area contributed by atoms with Crippen LogP contribution in [0.25, 0.3) is 0 Å². The van der Waals surface area contributed by atoms with E-state index in [9.17, 15) is 13.2 Å². The summed E-state index contributed by atoms with van der Waals surface area (Å²) in [5.74, 6) is 0.0113. The molecule has 1 aliphatic heterocycles. The number of carbonyl (C=O) groups is 1. The predicted molar refractivity (Wildman–Crippen MR) is 109 cm³/mol. The lowest BCUT2D eigenvalue weighted by Gasteiger charge is -2.30. The number of rotatable bonds is 8. The molecule has 0 unspecified atom stereocenters. The zero-order valence-corrected chi connectivity index (χ0v) is 16.8. The van der Waals surface area contributed by atoms with Gasteiger partial charge in [0.05, 0.1) is 5.75 Å². The van der Waals surface area contributed by atoms with Crippen molar-refractivity contribution < 1.29 is 13.2 Å². The van der Waals surface area contributed by atoms with Crippen molar-refractivity contribution in [2.24, 2.45) is 5.92 Å². The summed E-state index contributed by atoms with van der Waals surface area (Å²) in [4.78, 5) is 16.4. The maximum Gasteiger partial charge on any atom is 0.223 e. The summed E-state index contributed by atoms with van der Waals surface area (Å²) in [6.45, 7) is 1.28. The monoisotopic (exact) mass is 401 g/mol. The summed E-state index contributed by atoms with van der Waals surface area (Å²) in [6.07, 6.45) is 5.92. The lowest BCUT2D eigenvalue weighted by atomic mass is 9.97. The second kappa shape index (κ2) is 9.80. The first-order valence-electron chi connectivity index (χ1n) is 9.73. The van der Waals surface area contributed by atoms with E-state index in [0.717, 1.165) is 17.5 Å². The topological polar surface area (TPSA) is 79.4 Å². The Kier molecular flexibility index (Phi) is 7.17. The molecule has 28 heavy (non-hydrogen) atoms. The van der Waals surface area contributed by atoms with Crippen LogP contribution in [0.3, 0.4) is 0 Å². The molecular formula is C21H27N3O3S. The van der Waals surface area contributed by atoms with Crippen molar-refractivity contribution in [3.8, 4) is 0 Å². The van der Waals surface area contributed by atoms with Crippen molar-refractivity contribution in [2.45, 2.75) is 32.2 Å². The van der Waals surface area contributed by atoms with E-state index in [4.69, 9.17) is 0 Å². The van der Waals surface area contributed by atoms with Crippen molar-refractivity contribution in [3.05, 3.63) is 66.0 Å². The van der Waals surface area contributed by atoms with E-state index < -0.39 is 10.0 Å². The zero-order valence-electron chi connectivity index (χ0n) is 16.0. The number of piperidine rings is 1.